The number of hydrogen-bond acceptors (Lipinski definition) is 6. The van der Waals surface area contributed by atoms with E-state index in [4.69, 9.17) is 9.47 Å². The number of unbranched alkanes of at least 4 members (excludes halogenated alkanes) is 9. The molecule has 0 aliphatic heterocycles. The number of nitrogens with one attached hydrogen (secondary N) is 2. The number of aromatic hydroxyl groups is 2. The third-order valence-corrected chi connectivity index (χ3v) is 8.95. The number of carbonyl (C=O) groups is 2. The van der Waals surface area contributed by atoms with Crippen LogP contribution in [0.4, 0.5) is 21.0 Å². The minimum Gasteiger partial charge on any atom is -0.507 e. The highest BCUT2D eigenvalue weighted by molar-refractivity contribution is 5.86. The van der Waals surface area contributed by atoms with Gasteiger partial charge in [-0.2, -0.15) is 0 Å². The molecule has 4 N–H and O–H groups in total. The second-order valence-electron chi connectivity index (χ2n) is 17.9. The first-order valence-electron chi connectivity index (χ1n) is 18.7. The predicted octanol–water partition coefficient (Wildman–Crippen LogP) is 12.0. The van der Waals surface area contributed by atoms with E-state index in [0.29, 0.717) is 24.6 Å². The van der Waals surface area contributed by atoms with Crippen molar-refractivity contribution >= 4 is 23.6 Å². The maximum absolute atomic E-state index is 12.5. The van der Waals surface area contributed by atoms with Gasteiger partial charge in [0.25, 0.3) is 0 Å². The molecule has 0 spiro atoms. The highest BCUT2D eigenvalue weighted by Gasteiger charge is 2.28. The zero-order valence-corrected chi connectivity index (χ0v) is 33.3. The summed E-state index contributed by atoms with van der Waals surface area (Å²) in [5.74, 6) is 0.570. The second kappa shape index (κ2) is 18.2. The molecule has 0 aromatic heterocycles. The fourth-order valence-corrected chi connectivity index (χ4v) is 5.96. The smallest absolute Gasteiger partial charge is 0.411 e. The lowest BCUT2D eigenvalue weighted by Gasteiger charge is -2.28. The number of phenols is 2. The van der Waals surface area contributed by atoms with Gasteiger partial charge in [-0.15, -0.1) is 0 Å². The van der Waals surface area contributed by atoms with Crippen LogP contribution in [-0.2, 0) is 31.1 Å². The molecule has 282 valence electrons. The minimum absolute atomic E-state index is 0.272. The number of phenolic OH excluding ortho intramolecular Hbond substituents is 2. The number of hydrogen-bond donors (Lipinski definition) is 4. The molecule has 0 saturated carbocycles. The molecule has 8 heteroatoms. The molecular weight excluding hydrogens is 628 g/mol. The summed E-state index contributed by atoms with van der Waals surface area (Å²) >= 11 is 0. The van der Waals surface area contributed by atoms with Crippen LogP contribution in [0.5, 0.6) is 11.5 Å². The lowest BCUT2D eigenvalue weighted by Crippen LogP contribution is -2.20. The third kappa shape index (κ3) is 14.1. The van der Waals surface area contributed by atoms with Crippen LogP contribution in [0.15, 0.2) is 24.3 Å². The highest BCUT2D eigenvalue weighted by Crippen LogP contribution is 2.42. The lowest BCUT2D eigenvalue weighted by molar-refractivity contribution is 0.158. The summed E-state index contributed by atoms with van der Waals surface area (Å²) < 4.78 is 10.9. The van der Waals surface area contributed by atoms with Gasteiger partial charge in [-0.1, -0.05) is 134 Å². The number of amides is 2. The van der Waals surface area contributed by atoms with E-state index in [1.54, 1.807) is 0 Å². The van der Waals surface area contributed by atoms with Gasteiger partial charge >= 0.3 is 12.2 Å². The van der Waals surface area contributed by atoms with E-state index in [0.717, 1.165) is 60.8 Å². The van der Waals surface area contributed by atoms with Crippen molar-refractivity contribution in [2.75, 3.05) is 23.8 Å². The van der Waals surface area contributed by atoms with Crippen LogP contribution < -0.4 is 10.6 Å². The molecule has 0 aliphatic carbocycles. The van der Waals surface area contributed by atoms with E-state index in [-0.39, 0.29) is 33.2 Å². The van der Waals surface area contributed by atoms with Crippen LogP contribution in [0, 0.1) is 0 Å². The van der Waals surface area contributed by atoms with Gasteiger partial charge in [0, 0.05) is 33.6 Å². The van der Waals surface area contributed by atoms with Crippen LogP contribution in [0.1, 0.15) is 170 Å². The zero-order valence-electron chi connectivity index (χ0n) is 33.3. The summed E-state index contributed by atoms with van der Waals surface area (Å²) in [6, 6.07) is 7.35. The van der Waals surface area contributed by atoms with Crippen molar-refractivity contribution < 1.29 is 29.3 Å². The third-order valence-electron chi connectivity index (χ3n) is 8.95. The Kier molecular flexibility index (Phi) is 15.5. The fourth-order valence-electron chi connectivity index (χ4n) is 5.96. The Morgan fingerprint density at radius 1 is 0.460 bits per heavy atom. The van der Waals surface area contributed by atoms with Crippen molar-refractivity contribution in [2.45, 2.75) is 169 Å². The molecule has 2 amide bonds. The summed E-state index contributed by atoms with van der Waals surface area (Å²) in [6.07, 6.45) is 9.71. The first-order valence-corrected chi connectivity index (χ1v) is 18.7. The number of benzene rings is 2. The Hall–Kier alpha value is -3.42. The van der Waals surface area contributed by atoms with Gasteiger partial charge in [-0.05, 0) is 58.8 Å². The summed E-state index contributed by atoms with van der Waals surface area (Å²) in [5.41, 5.74) is 3.37. The first kappa shape index (κ1) is 42.7. The Bertz CT molecular complexity index is 1230. The van der Waals surface area contributed by atoms with Gasteiger partial charge in [-0.25, -0.2) is 9.59 Å². The number of ether oxygens (including phenoxy) is 2. The van der Waals surface area contributed by atoms with Gasteiger partial charge in [0.15, 0.2) is 0 Å². The molecule has 0 aliphatic rings. The van der Waals surface area contributed by atoms with E-state index >= 15 is 0 Å². The summed E-state index contributed by atoms with van der Waals surface area (Å²) in [5, 5.41) is 27.5. The van der Waals surface area contributed by atoms with E-state index in [1.807, 2.05) is 107 Å². The van der Waals surface area contributed by atoms with E-state index in [9.17, 15) is 19.8 Å². The van der Waals surface area contributed by atoms with Crippen LogP contribution in [0.25, 0.3) is 0 Å². The van der Waals surface area contributed by atoms with Crippen LogP contribution >= 0.6 is 0 Å². The quantitative estimate of drug-likeness (QED) is 0.109. The SMILES string of the molecule is CC(C)(C)c1cc(NC(=O)OCCCCCCCCCCCCOC(=O)Nc2cc(C(C)(C)C)c(O)c(C(C)(C)C)c2)cc(C(C)(C)C)c1O. The zero-order chi connectivity index (χ0) is 37.9. The fraction of sp³-hybridized carbons (Fsp3) is 0.667. The highest BCUT2D eigenvalue weighted by atomic mass is 16.6. The summed E-state index contributed by atoms with van der Waals surface area (Å²) in [7, 11) is 0. The van der Waals surface area contributed by atoms with Crippen molar-refractivity contribution in [3.8, 4) is 11.5 Å². The molecule has 0 fully saturated rings. The molecule has 2 rings (SSSR count). The van der Waals surface area contributed by atoms with Gasteiger partial charge < -0.3 is 19.7 Å². The van der Waals surface area contributed by atoms with Crippen LogP contribution in [0.3, 0.4) is 0 Å². The first-order chi connectivity index (χ1) is 23.0. The minimum atomic E-state index is -0.469. The Balaban J connectivity index is 1.58. The average molecular weight is 697 g/mol. The standard InChI is InChI=1S/C42H68N2O6/c1-39(2,3)31-25-29(26-32(35(31)45)40(4,5)6)43-37(47)49-23-21-19-17-15-13-14-16-18-20-22-24-50-38(48)44-30-27-33(41(7,8)9)36(46)34(28-30)42(10,11)12/h25-28,45-46H,13-24H2,1-12H3,(H,43,47)(H,44,48). The van der Waals surface area contributed by atoms with Crippen molar-refractivity contribution in [2.24, 2.45) is 0 Å². The number of carbonyl (C=O) groups excluding carboxylic acids is 2. The average Bonchev–Trinajstić information content (AvgIpc) is 2.96. The summed E-state index contributed by atoms with van der Waals surface area (Å²) in [4.78, 5) is 25.0. The molecule has 2 aromatic rings. The molecule has 0 atom stereocenters. The molecule has 0 unspecified atom stereocenters. The monoisotopic (exact) mass is 697 g/mol. The molecule has 0 saturated heterocycles. The van der Waals surface area contributed by atoms with Crippen LogP contribution in [0.2, 0.25) is 0 Å². The Labute approximate surface area is 303 Å². The molecule has 0 radical (unpaired) electrons. The number of rotatable bonds is 15. The molecular formula is C42H68N2O6. The molecule has 0 heterocycles. The van der Waals surface area contributed by atoms with Crippen molar-refractivity contribution in [3.05, 3.63) is 46.5 Å². The topological polar surface area (TPSA) is 117 Å². The van der Waals surface area contributed by atoms with E-state index in [1.165, 1.54) is 25.7 Å². The van der Waals surface area contributed by atoms with Crippen molar-refractivity contribution in [1.29, 1.82) is 0 Å². The number of anilines is 2. The second-order valence-corrected chi connectivity index (χ2v) is 17.9. The van der Waals surface area contributed by atoms with Gasteiger partial charge in [0.1, 0.15) is 11.5 Å². The Morgan fingerprint density at radius 2 is 0.680 bits per heavy atom. The molecule has 8 nitrogen and oxygen atoms in total. The van der Waals surface area contributed by atoms with Gasteiger partial charge in [-0.3, -0.25) is 10.6 Å². The van der Waals surface area contributed by atoms with E-state index < -0.39 is 12.2 Å². The van der Waals surface area contributed by atoms with Gasteiger partial charge in [0.2, 0.25) is 0 Å². The van der Waals surface area contributed by atoms with E-state index in [2.05, 4.69) is 10.6 Å². The van der Waals surface area contributed by atoms with Crippen molar-refractivity contribution in [3.63, 3.8) is 0 Å². The normalized spacial score (nSPS) is 12.5. The lowest BCUT2D eigenvalue weighted by atomic mass is 9.79. The maximum Gasteiger partial charge on any atom is 0.411 e. The maximum atomic E-state index is 12.5. The summed E-state index contributed by atoms with van der Waals surface area (Å²) in [6.45, 7) is 25.3. The van der Waals surface area contributed by atoms with Gasteiger partial charge in [0.05, 0.1) is 13.2 Å². The predicted molar refractivity (Wildman–Crippen MR) is 207 cm³/mol. The van der Waals surface area contributed by atoms with Crippen LogP contribution in [-0.4, -0.2) is 35.6 Å². The van der Waals surface area contributed by atoms with Crippen molar-refractivity contribution in [1.82, 2.24) is 0 Å². The largest absolute Gasteiger partial charge is 0.507 e. The Morgan fingerprint density at radius 3 is 0.900 bits per heavy atom. The molecule has 2 aromatic carbocycles. The molecule has 0 bridgehead atoms. The molecule has 50 heavy (non-hydrogen) atoms.